The van der Waals surface area contributed by atoms with Gasteiger partial charge in [0, 0.05) is 23.4 Å². The lowest BCUT2D eigenvalue weighted by Crippen LogP contribution is -2.11. The van der Waals surface area contributed by atoms with Gasteiger partial charge in [0.05, 0.1) is 10.7 Å². The minimum Gasteiger partial charge on any atom is -0.330 e. The normalized spacial score (nSPS) is 12.7. The van der Waals surface area contributed by atoms with Crippen molar-refractivity contribution in [3.63, 3.8) is 0 Å². The molecule has 0 aliphatic carbocycles. The molecule has 0 amide bonds. The van der Waals surface area contributed by atoms with E-state index in [0.29, 0.717) is 12.5 Å². The van der Waals surface area contributed by atoms with Crippen LogP contribution in [0.1, 0.15) is 35.4 Å². The molecule has 3 heteroatoms. The van der Waals surface area contributed by atoms with E-state index in [-0.39, 0.29) is 0 Å². The summed E-state index contributed by atoms with van der Waals surface area (Å²) in [7, 11) is 0. The van der Waals surface area contributed by atoms with Gasteiger partial charge in [-0.2, -0.15) is 0 Å². The molecule has 0 aliphatic rings. The SMILES string of the molecule is CCC(CN)c1nc(-c2cc(C)ccc2C)cs1. The Morgan fingerprint density at radius 3 is 2.78 bits per heavy atom. The van der Waals surface area contributed by atoms with Crippen LogP contribution in [0, 0.1) is 13.8 Å². The molecule has 0 spiro atoms. The fraction of sp³-hybridized carbons (Fsp3) is 0.400. The van der Waals surface area contributed by atoms with Gasteiger partial charge in [-0.25, -0.2) is 4.98 Å². The van der Waals surface area contributed by atoms with Gasteiger partial charge in [-0.05, 0) is 31.9 Å². The number of nitrogens with zero attached hydrogens (tertiary/aromatic N) is 1. The predicted octanol–water partition coefficient (Wildman–Crippen LogP) is 3.88. The molecule has 18 heavy (non-hydrogen) atoms. The highest BCUT2D eigenvalue weighted by molar-refractivity contribution is 7.10. The first-order chi connectivity index (χ1) is 8.65. The highest BCUT2D eigenvalue weighted by Crippen LogP contribution is 2.29. The van der Waals surface area contributed by atoms with Gasteiger partial charge in [0.2, 0.25) is 0 Å². The summed E-state index contributed by atoms with van der Waals surface area (Å²) in [4.78, 5) is 4.76. The number of aromatic nitrogens is 1. The molecule has 2 N–H and O–H groups in total. The van der Waals surface area contributed by atoms with Gasteiger partial charge in [-0.3, -0.25) is 0 Å². The van der Waals surface area contributed by atoms with E-state index in [1.54, 1.807) is 11.3 Å². The number of hydrogen-bond donors (Lipinski definition) is 1. The van der Waals surface area contributed by atoms with Crippen molar-refractivity contribution >= 4 is 11.3 Å². The second kappa shape index (κ2) is 5.63. The topological polar surface area (TPSA) is 38.9 Å². The second-order valence-electron chi connectivity index (χ2n) is 4.73. The highest BCUT2D eigenvalue weighted by Gasteiger charge is 2.13. The van der Waals surface area contributed by atoms with E-state index in [1.165, 1.54) is 16.7 Å². The van der Waals surface area contributed by atoms with Gasteiger partial charge < -0.3 is 5.73 Å². The van der Waals surface area contributed by atoms with Crippen molar-refractivity contribution in [1.82, 2.24) is 4.98 Å². The number of nitrogens with two attached hydrogens (primary N) is 1. The van der Waals surface area contributed by atoms with Crippen molar-refractivity contribution < 1.29 is 0 Å². The summed E-state index contributed by atoms with van der Waals surface area (Å²) >= 11 is 1.73. The first kappa shape index (κ1) is 13.2. The minimum absolute atomic E-state index is 0.397. The summed E-state index contributed by atoms with van der Waals surface area (Å²) in [5, 5.41) is 3.31. The van der Waals surface area contributed by atoms with E-state index >= 15 is 0 Å². The molecule has 1 aromatic carbocycles. The second-order valence-corrected chi connectivity index (χ2v) is 5.62. The quantitative estimate of drug-likeness (QED) is 0.906. The average Bonchev–Trinajstić information content (AvgIpc) is 2.83. The number of rotatable bonds is 4. The fourth-order valence-corrected chi connectivity index (χ4v) is 3.07. The Labute approximate surface area is 113 Å². The Hall–Kier alpha value is -1.19. The first-order valence-corrected chi connectivity index (χ1v) is 7.26. The van der Waals surface area contributed by atoms with E-state index in [4.69, 9.17) is 10.7 Å². The molecule has 96 valence electrons. The summed E-state index contributed by atoms with van der Waals surface area (Å²) in [6.45, 7) is 7.09. The van der Waals surface area contributed by atoms with Crippen molar-refractivity contribution in [2.45, 2.75) is 33.1 Å². The number of thiazole rings is 1. The highest BCUT2D eigenvalue weighted by atomic mass is 32.1. The summed E-state index contributed by atoms with van der Waals surface area (Å²) in [6.07, 6.45) is 1.05. The van der Waals surface area contributed by atoms with Crippen LogP contribution < -0.4 is 5.73 Å². The summed E-state index contributed by atoms with van der Waals surface area (Å²) < 4.78 is 0. The third-order valence-corrected chi connectivity index (χ3v) is 4.32. The molecule has 2 nitrogen and oxygen atoms in total. The zero-order valence-electron chi connectivity index (χ0n) is 11.2. The Bertz CT molecular complexity index is 527. The molecule has 0 fully saturated rings. The predicted molar refractivity (Wildman–Crippen MR) is 79.1 cm³/mol. The van der Waals surface area contributed by atoms with Crippen LogP contribution in [-0.4, -0.2) is 11.5 Å². The van der Waals surface area contributed by atoms with E-state index in [1.807, 2.05) is 0 Å². The third-order valence-electron chi connectivity index (χ3n) is 3.32. The molecule has 0 aliphatic heterocycles. The Balaban J connectivity index is 2.37. The number of benzene rings is 1. The standard InChI is InChI=1S/C15H20N2S/c1-4-12(8-16)15-17-14(9-18-15)13-7-10(2)5-6-11(13)3/h5-7,9,12H,4,8,16H2,1-3H3. The Morgan fingerprint density at radius 1 is 1.33 bits per heavy atom. The third kappa shape index (κ3) is 2.62. The monoisotopic (exact) mass is 260 g/mol. The molecule has 0 bridgehead atoms. The lowest BCUT2D eigenvalue weighted by molar-refractivity contribution is 0.670. The van der Waals surface area contributed by atoms with Crippen LogP contribution >= 0.6 is 11.3 Å². The van der Waals surface area contributed by atoms with Crippen molar-refractivity contribution in [3.05, 3.63) is 39.7 Å². The van der Waals surface area contributed by atoms with Gasteiger partial charge in [0.15, 0.2) is 0 Å². The molecule has 2 rings (SSSR count). The van der Waals surface area contributed by atoms with Crippen molar-refractivity contribution in [2.24, 2.45) is 5.73 Å². The van der Waals surface area contributed by atoms with Crippen LogP contribution in [0.25, 0.3) is 11.3 Å². The molecule has 2 aromatic rings. The van der Waals surface area contributed by atoms with Gasteiger partial charge in [0.1, 0.15) is 0 Å². The van der Waals surface area contributed by atoms with Gasteiger partial charge in [-0.15, -0.1) is 11.3 Å². The maximum absolute atomic E-state index is 5.78. The van der Waals surface area contributed by atoms with Crippen molar-refractivity contribution in [2.75, 3.05) is 6.54 Å². The smallest absolute Gasteiger partial charge is 0.0976 e. The summed E-state index contributed by atoms with van der Waals surface area (Å²) in [5.41, 5.74) is 10.7. The van der Waals surface area contributed by atoms with E-state index in [9.17, 15) is 0 Å². The Morgan fingerprint density at radius 2 is 2.11 bits per heavy atom. The van der Waals surface area contributed by atoms with Crippen LogP contribution in [0.2, 0.25) is 0 Å². The molecule has 1 unspecified atom stereocenters. The zero-order valence-corrected chi connectivity index (χ0v) is 12.1. The number of hydrogen-bond acceptors (Lipinski definition) is 3. The largest absolute Gasteiger partial charge is 0.330 e. The van der Waals surface area contributed by atoms with Crippen molar-refractivity contribution in [1.29, 1.82) is 0 Å². The first-order valence-electron chi connectivity index (χ1n) is 6.38. The molecule has 0 saturated carbocycles. The Kier molecular flexibility index (Phi) is 4.15. The lowest BCUT2D eigenvalue weighted by atomic mass is 10.0. The van der Waals surface area contributed by atoms with Crippen LogP contribution in [0.3, 0.4) is 0 Å². The van der Waals surface area contributed by atoms with Crippen LogP contribution in [-0.2, 0) is 0 Å². The zero-order chi connectivity index (χ0) is 13.1. The van der Waals surface area contributed by atoms with Gasteiger partial charge >= 0.3 is 0 Å². The molecule has 1 heterocycles. The van der Waals surface area contributed by atoms with Gasteiger partial charge in [0.25, 0.3) is 0 Å². The maximum Gasteiger partial charge on any atom is 0.0976 e. The summed E-state index contributed by atoms with van der Waals surface area (Å²) in [6, 6.07) is 6.50. The molecule has 0 radical (unpaired) electrons. The summed E-state index contributed by atoms with van der Waals surface area (Å²) in [5.74, 6) is 0.397. The maximum atomic E-state index is 5.78. The molecule has 1 aromatic heterocycles. The van der Waals surface area contributed by atoms with Gasteiger partial charge in [-0.1, -0.05) is 24.6 Å². The van der Waals surface area contributed by atoms with Crippen LogP contribution in [0.15, 0.2) is 23.6 Å². The lowest BCUT2D eigenvalue weighted by Gasteiger charge is -2.08. The molecular formula is C15H20N2S. The van der Waals surface area contributed by atoms with E-state index < -0.39 is 0 Å². The van der Waals surface area contributed by atoms with E-state index in [2.05, 4.69) is 44.4 Å². The van der Waals surface area contributed by atoms with Crippen LogP contribution in [0.5, 0.6) is 0 Å². The minimum atomic E-state index is 0.397. The fourth-order valence-electron chi connectivity index (χ4n) is 2.05. The molecular weight excluding hydrogens is 240 g/mol. The van der Waals surface area contributed by atoms with Crippen molar-refractivity contribution in [3.8, 4) is 11.3 Å². The number of aryl methyl sites for hydroxylation is 2. The van der Waals surface area contributed by atoms with E-state index in [0.717, 1.165) is 17.1 Å². The molecule has 0 saturated heterocycles. The molecule has 1 atom stereocenters. The average molecular weight is 260 g/mol. The van der Waals surface area contributed by atoms with Crippen LogP contribution in [0.4, 0.5) is 0 Å².